The molecule has 3 rings (SSSR count). The van der Waals surface area contributed by atoms with Crippen LogP contribution in [-0.2, 0) is 4.79 Å². The second kappa shape index (κ2) is 8.25. The number of amides is 2. The van der Waals surface area contributed by atoms with Gasteiger partial charge in [-0.2, -0.15) is 0 Å². The molecule has 2 aromatic rings. The van der Waals surface area contributed by atoms with Crippen molar-refractivity contribution in [2.75, 3.05) is 18.4 Å². The van der Waals surface area contributed by atoms with Gasteiger partial charge in [-0.05, 0) is 30.4 Å². The fourth-order valence-corrected chi connectivity index (χ4v) is 4.00. The number of carbonyl (C=O) groups is 2. The number of rotatable bonds is 5. The van der Waals surface area contributed by atoms with Gasteiger partial charge in [-0.25, -0.2) is 4.98 Å². The van der Waals surface area contributed by atoms with Crippen LogP contribution < -0.4 is 5.32 Å². The molecule has 0 bridgehead atoms. The van der Waals surface area contributed by atoms with Crippen molar-refractivity contribution in [1.29, 1.82) is 0 Å². The topological polar surface area (TPSA) is 62.3 Å². The van der Waals surface area contributed by atoms with E-state index in [9.17, 15) is 9.59 Å². The zero-order valence-corrected chi connectivity index (χ0v) is 15.2. The molecule has 1 aromatic heterocycles. The highest BCUT2D eigenvalue weighted by Gasteiger charge is 2.32. The molecule has 0 aliphatic carbocycles. The predicted molar refractivity (Wildman–Crippen MR) is 99.6 cm³/mol. The molecule has 132 valence electrons. The Labute approximate surface area is 152 Å². The Morgan fingerprint density at radius 3 is 2.76 bits per heavy atom. The van der Waals surface area contributed by atoms with Crippen molar-refractivity contribution in [3.63, 3.8) is 0 Å². The molecule has 2 atom stereocenters. The van der Waals surface area contributed by atoms with Crippen LogP contribution in [0.2, 0.25) is 0 Å². The second-order valence-electron chi connectivity index (χ2n) is 6.42. The number of hydrogen-bond donors (Lipinski definition) is 1. The molecule has 2 amide bonds. The van der Waals surface area contributed by atoms with Crippen LogP contribution in [0, 0.1) is 11.8 Å². The summed E-state index contributed by atoms with van der Waals surface area (Å²) in [6.07, 6.45) is 4.00. The minimum absolute atomic E-state index is 0.0150. The van der Waals surface area contributed by atoms with Gasteiger partial charge in [-0.3, -0.25) is 9.59 Å². The Hall–Kier alpha value is -2.21. The van der Waals surface area contributed by atoms with Crippen LogP contribution in [-0.4, -0.2) is 34.8 Å². The highest BCUT2D eigenvalue weighted by atomic mass is 32.1. The van der Waals surface area contributed by atoms with Gasteiger partial charge in [0, 0.05) is 36.7 Å². The van der Waals surface area contributed by atoms with Gasteiger partial charge in [-0.15, -0.1) is 11.3 Å². The van der Waals surface area contributed by atoms with E-state index in [1.54, 1.807) is 6.20 Å². The van der Waals surface area contributed by atoms with E-state index in [1.165, 1.54) is 11.3 Å². The fraction of sp³-hybridized carbons (Fsp3) is 0.421. The van der Waals surface area contributed by atoms with Crippen LogP contribution in [0.4, 0.5) is 5.13 Å². The van der Waals surface area contributed by atoms with Gasteiger partial charge in [0.2, 0.25) is 5.91 Å². The minimum Gasteiger partial charge on any atom is -0.338 e. The fourth-order valence-electron chi connectivity index (χ4n) is 3.45. The van der Waals surface area contributed by atoms with Crippen LogP contribution in [0.5, 0.6) is 0 Å². The maximum atomic E-state index is 12.6. The van der Waals surface area contributed by atoms with Crippen LogP contribution in [0.25, 0.3) is 0 Å². The molecule has 0 spiro atoms. The Kier molecular flexibility index (Phi) is 5.81. The Morgan fingerprint density at radius 1 is 1.28 bits per heavy atom. The van der Waals surface area contributed by atoms with Crippen LogP contribution in [0.3, 0.4) is 0 Å². The first-order chi connectivity index (χ1) is 12.2. The molecular weight excluding hydrogens is 334 g/mol. The van der Waals surface area contributed by atoms with Gasteiger partial charge in [0.1, 0.15) is 0 Å². The van der Waals surface area contributed by atoms with Gasteiger partial charge in [0.25, 0.3) is 5.91 Å². The number of aromatic nitrogens is 1. The summed E-state index contributed by atoms with van der Waals surface area (Å²) < 4.78 is 0. The number of piperidine rings is 1. The van der Waals surface area contributed by atoms with Gasteiger partial charge in [-0.1, -0.05) is 31.5 Å². The molecule has 2 heterocycles. The van der Waals surface area contributed by atoms with Crippen molar-refractivity contribution in [1.82, 2.24) is 9.88 Å². The van der Waals surface area contributed by atoms with E-state index in [4.69, 9.17) is 0 Å². The van der Waals surface area contributed by atoms with Crippen LogP contribution in [0.15, 0.2) is 41.9 Å². The molecular formula is C19H23N3O2S. The highest BCUT2D eigenvalue weighted by Crippen LogP contribution is 2.30. The standard InChI is InChI=1S/C19H23N3O2S/c1-2-14-13-22(18(24)15-6-4-3-5-7-15)10-8-16(14)12-17(23)21-19-20-9-11-25-19/h3-7,9,11,14,16H,2,8,10,12-13H2,1H3,(H,20,21,23)/t14-,16+/m1/s1. The Morgan fingerprint density at radius 2 is 2.08 bits per heavy atom. The predicted octanol–water partition coefficient (Wildman–Crippen LogP) is 3.66. The third-order valence-corrected chi connectivity index (χ3v) is 5.54. The molecule has 0 unspecified atom stereocenters. The van der Waals surface area contributed by atoms with E-state index < -0.39 is 0 Å². The quantitative estimate of drug-likeness (QED) is 0.888. The molecule has 0 saturated carbocycles. The average molecular weight is 357 g/mol. The molecule has 5 nitrogen and oxygen atoms in total. The summed E-state index contributed by atoms with van der Waals surface area (Å²) in [5, 5.41) is 5.35. The lowest BCUT2D eigenvalue weighted by atomic mass is 9.81. The molecule has 1 aliphatic rings. The number of anilines is 1. The molecule has 25 heavy (non-hydrogen) atoms. The molecule has 6 heteroatoms. The lowest BCUT2D eigenvalue weighted by molar-refractivity contribution is -0.117. The molecule has 1 N–H and O–H groups in total. The van der Waals surface area contributed by atoms with Crippen molar-refractivity contribution in [3.8, 4) is 0 Å². The summed E-state index contributed by atoms with van der Waals surface area (Å²) in [4.78, 5) is 30.9. The van der Waals surface area contributed by atoms with E-state index in [0.717, 1.165) is 24.9 Å². The van der Waals surface area contributed by atoms with E-state index in [0.29, 0.717) is 29.9 Å². The third-order valence-electron chi connectivity index (χ3n) is 4.85. The number of thiazole rings is 1. The highest BCUT2D eigenvalue weighted by molar-refractivity contribution is 7.13. The number of carbonyl (C=O) groups excluding carboxylic acids is 2. The first kappa shape index (κ1) is 17.6. The number of nitrogens with zero attached hydrogens (tertiary/aromatic N) is 2. The third kappa shape index (κ3) is 4.45. The SMILES string of the molecule is CC[C@@H]1CN(C(=O)c2ccccc2)CC[C@H]1CC(=O)Nc1nccs1. The Balaban J connectivity index is 1.58. The maximum Gasteiger partial charge on any atom is 0.253 e. The summed E-state index contributed by atoms with van der Waals surface area (Å²) in [5.74, 6) is 0.763. The smallest absolute Gasteiger partial charge is 0.253 e. The number of hydrogen-bond acceptors (Lipinski definition) is 4. The van der Waals surface area contributed by atoms with Gasteiger partial charge in [0.05, 0.1) is 0 Å². The zero-order chi connectivity index (χ0) is 17.6. The van der Waals surface area contributed by atoms with Crippen molar-refractivity contribution in [2.24, 2.45) is 11.8 Å². The van der Waals surface area contributed by atoms with E-state index in [1.807, 2.05) is 40.6 Å². The monoisotopic (exact) mass is 357 g/mol. The van der Waals surface area contributed by atoms with Gasteiger partial charge < -0.3 is 10.2 Å². The number of likely N-dealkylation sites (tertiary alicyclic amines) is 1. The second-order valence-corrected chi connectivity index (χ2v) is 7.32. The summed E-state index contributed by atoms with van der Waals surface area (Å²) in [5.41, 5.74) is 0.734. The van der Waals surface area contributed by atoms with E-state index in [2.05, 4.69) is 17.2 Å². The van der Waals surface area contributed by atoms with Gasteiger partial charge in [0.15, 0.2) is 5.13 Å². The lowest BCUT2D eigenvalue weighted by Crippen LogP contribution is -2.44. The van der Waals surface area contributed by atoms with E-state index in [-0.39, 0.29) is 11.8 Å². The summed E-state index contributed by atoms with van der Waals surface area (Å²) in [6, 6.07) is 9.41. The Bertz CT molecular complexity index is 703. The molecule has 0 radical (unpaired) electrons. The molecule has 1 saturated heterocycles. The van der Waals surface area contributed by atoms with Crippen molar-refractivity contribution >= 4 is 28.3 Å². The summed E-state index contributed by atoms with van der Waals surface area (Å²) in [6.45, 7) is 3.56. The number of benzene rings is 1. The summed E-state index contributed by atoms with van der Waals surface area (Å²) in [7, 11) is 0. The first-order valence-electron chi connectivity index (χ1n) is 8.71. The van der Waals surface area contributed by atoms with Crippen molar-refractivity contribution in [3.05, 3.63) is 47.5 Å². The largest absolute Gasteiger partial charge is 0.338 e. The molecule has 1 fully saturated rings. The van der Waals surface area contributed by atoms with Crippen LogP contribution in [0.1, 0.15) is 36.5 Å². The van der Waals surface area contributed by atoms with E-state index >= 15 is 0 Å². The molecule has 1 aliphatic heterocycles. The zero-order valence-electron chi connectivity index (χ0n) is 14.4. The molecule has 1 aromatic carbocycles. The average Bonchev–Trinajstić information content (AvgIpc) is 3.15. The van der Waals surface area contributed by atoms with Gasteiger partial charge >= 0.3 is 0 Å². The normalized spacial score (nSPS) is 20.3. The first-order valence-corrected chi connectivity index (χ1v) is 9.59. The van der Waals surface area contributed by atoms with Crippen molar-refractivity contribution in [2.45, 2.75) is 26.2 Å². The summed E-state index contributed by atoms with van der Waals surface area (Å²) >= 11 is 1.43. The van der Waals surface area contributed by atoms with Crippen molar-refractivity contribution < 1.29 is 9.59 Å². The lowest BCUT2D eigenvalue weighted by Gasteiger charge is -2.38. The minimum atomic E-state index is 0.0150. The maximum absolute atomic E-state index is 12.6. The number of nitrogens with one attached hydrogen (secondary N) is 1. The van der Waals surface area contributed by atoms with Crippen LogP contribution >= 0.6 is 11.3 Å².